The summed E-state index contributed by atoms with van der Waals surface area (Å²) in [6.45, 7) is 0. The second-order valence-corrected chi connectivity index (χ2v) is 5.26. The molecule has 5 rings (SSSR count). The van der Waals surface area contributed by atoms with Crippen LogP contribution in [0.4, 0.5) is 0 Å². The molecule has 2 nitrogen and oxygen atoms in total. The largest absolute Gasteiger partial charge is 0.358 e. The molecule has 0 saturated carbocycles. The molecule has 0 aliphatic heterocycles. The van der Waals surface area contributed by atoms with Gasteiger partial charge in [0.05, 0.1) is 5.65 Å². The van der Waals surface area contributed by atoms with Crippen molar-refractivity contribution in [3.8, 4) is 0 Å². The van der Waals surface area contributed by atoms with E-state index in [2.05, 4.69) is 70.0 Å². The molecular weight excluding hydrogens is 549 g/mol. The molecule has 0 N–H and O–H groups in total. The zero-order chi connectivity index (χ0) is 13.8. The Morgan fingerprint density at radius 1 is 0.917 bits per heavy atom. The molecule has 2 heterocycles. The van der Waals surface area contributed by atoms with Gasteiger partial charge in [-0.25, -0.2) is 0 Å². The van der Waals surface area contributed by atoms with Crippen molar-refractivity contribution in [3.63, 3.8) is 0 Å². The maximum Gasteiger partial charge on any atom is 0.0608 e. The van der Waals surface area contributed by atoms with Gasteiger partial charge in [-0.2, -0.15) is 0 Å². The van der Waals surface area contributed by atoms with Crippen LogP contribution in [-0.2, 0) is 52.8 Å². The van der Waals surface area contributed by atoms with Gasteiger partial charge < -0.3 is 11.8 Å². The van der Waals surface area contributed by atoms with Crippen LogP contribution in [0.15, 0.2) is 67.0 Å². The number of hydrogen-bond acceptors (Lipinski definition) is 1. The fourth-order valence-corrected chi connectivity index (χ4v) is 3.24. The minimum atomic E-state index is 0. The Hall–Kier alpha value is -1.12. The number of fused-ring (bicyclic) bond motifs is 8. The monoisotopic (exact) mass is 564 g/mol. The molecule has 0 aliphatic carbocycles. The van der Waals surface area contributed by atoms with Crippen molar-refractivity contribution in [1.29, 1.82) is 0 Å². The number of rotatable bonds is 0. The fourth-order valence-electron chi connectivity index (χ4n) is 3.24. The maximum atomic E-state index is 4.54. The molecule has 0 fully saturated rings. The summed E-state index contributed by atoms with van der Waals surface area (Å²) in [6, 6.07) is 22.4. The summed E-state index contributed by atoms with van der Waals surface area (Å²) in [5, 5.41) is 6.03. The van der Waals surface area contributed by atoms with E-state index >= 15 is 0 Å². The summed E-state index contributed by atoms with van der Waals surface area (Å²) >= 11 is 0. The third kappa shape index (κ3) is 2.64. The molecule has 0 atom stereocenters. The van der Waals surface area contributed by atoms with Crippen LogP contribution in [0.25, 0.3) is 38.1 Å². The van der Waals surface area contributed by atoms with Crippen LogP contribution in [0.5, 0.6) is 0 Å². The summed E-state index contributed by atoms with van der Waals surface area (Å²) in [5.41, 5.74) is 2.15. The zero-order valence-corrected chi connectivity index (χ0v) is 18.4. The second kappa shape index (κ2) is 7.41. The quantitative estimate of drug-likeness (QED) is 0.191. The van der Waals surface area contributed by atoms with E-state index in [0.29, 0.717) is 0 Å². The maximum absolute atomic E-state index is 4.54. The van der Waals surface area contributed by atoms with Crippen LogP contribution < -0.4 is 0 Å². The first-order valence-electron chi connectivity index (χ1n) is 7.00. The Kier molecular flexibility index (Phi) is 5.93. The number of aromatic nitrogens is 2. The third-order valence-corrected chi connectivity index (χ3v) is 4.15. The van der Waals surface area contributed by atoms with Gasteiger partial charge in [0, 0.05) is 70.7 Å². The minimum Gasteiger partial charge on any atom is -0.358 e. The van der Waals surface area contributed by atoms with E-state index in [-0.39, 0.29) is 60.2 Å². The molecule has 0 amide bonds. The van der Waals surface area contributed by atoms with Gasteiger partial charge in [-0.15, -0.1) is 12.1 Å². The molecule has 24 heavy (non-hydrogen) atoms. The topological polar surface area (TPSA) is 17.3 Å². The molecule has 118 valence electrons. The van der Waals surface area contributed by atoms with E-state index < -0.39 is 0 Å². The third-order valence-electron chi connectivity index (χ3n) is 4.15. The van der Waals surface area contributed by atoms with Gasteiger partial charge in [0.15, 0.2) is 0 Å². The number of para-hydroxylation sites is 1. The van der Waals surface area contributed by atoms with E-state index in [1.54, 1.807) is 0 Å². The number of hydrogen-bond donors (Lipinski definition) is 0. The predicted molar refractivity (Wildman–Crippen MR) is 93.0 cm³/mol. The first-order valence-corrected chi connectivity index (χ1v) is 7.00. The molecule has 2 aromatic heterocycles. The van der Waals surface area contributed by atoms with Crippen molar-refractivity contribution in [3.05, 3.63) is 80.5 Å². The molecule has 0 spiro atoms. The van der Waals surface area contributed by atoms with Crippen molar-refractivity contribution in [2.45, 2.75) is 0 Å². The van der Waals surface area contributed by atoms with Crippen molar-refractivity contribution in [1.82, 2.24) is 9.38 Å². The molecule has 0 unspecified atom stereocenters. The van der Waals surface area contributed by atoms with E-state index in [0.717, 1.165) is 11.0 Å². The Balaban J connectivity index is 0.000000694. The summed E-state index contributed by atoms with van der Waals surface area (Å²) < 4.78 is 2.14. The van der Waals surface area contributed by atoms with Crippen molar-refractivity contribution in [2.75, 3.05) is 0 Å². The van der Waals surface area contributed by atoms with Gasteiger partial charge in [0.25, 0.3) is 0 Å². The molecular formula is C20H14IrN2Y-2. The Labute approximate surface area is 179 Å². The van der Waals surface area contributed by atoms with Crippen molar-refractivity contribution >= 4 is 38.1 Å². The first kappa shape index (κ1) is 19.2. The van der Waals surface area contributed by atoms with Crippen LogP contribution in [0.1, 0.15) is 0 Å². The molecule has 4 heteroatoms. The Morgan fingerprint density at radius 3 is 2.46 bits per heavy atom. The predicted octanol–water partition coefficient (Wildman–Crippen LogP) is 5.04. The van der Waals surface area contributed by atoms with Gasteiger partial charge in [-0.1, -0.05) is 64.0 Å². The molecule has 0 aliphatic rings. The summed E-state index contributed by atoms with van der Waals surface area (Å²) in [4.78, 5) is 4.54. The van der Waals surface area contributed by atoms with Crippen molar-refractivity contribution < 1.29 is 52.8 Å². The van der Waals surface area contributed by atoms with Crippen molar-refractivity contribution in [2.24, 2.45) is 0 Å². The van der Waals surface area contributed by atoms with Gasteiger partial charge in [0.2, 0.25) is 0 Å². The molecule has 3 aromatic carbocycles. The van der Waals surface area contributed by atoms with Crippen LogP contribution in [0, 0.1) is 13.5 Å². The smallest absolute Gasteiger partial charge is 0.0608 e. The second-order valence-electron chi connectivity index (χ2n) is 5.26. The molecule has 0 saturated heterocycles. The molecule has 2 radical (unpaired) electrons. The van der Waals surface area contributed by atoms with Gasteiger partial charge in [-0.3, -0.25) is 4.98 Å². The number of pyridine rings is 1. The number of imidazole rings is 1. The van der Waals surface area contributed by atoms with E-state index in [9.17, 15) is 0 Å². The van der Waals surface area contributed by atoms with Crippen LogP contribution in [0.2, 0.25) is 0 Å². The van der Waals surface area contributed by atoms with Gasteiger partial charge >= 0.3 is 0 Å². The standard InChI is InChI=1S/C19H11N2.CH3.Ir.Y/c1-2-6-14-13(5-1)9-10-16-18(14)15-7-3-4-8-17(15)21-12-11-20-19(16)21;;;/h1-9,11-12H;1H3;;/q2*-1;;. The Morgan fingerprint density at radius 2 is 1.62 bits per heavy atom. The summed E-state index contributed by atoms with van der Waals surface area (Å²) in [6.07, 6.45) is 3.87. The van der Waals surface area contributed by atoms with Gasteiger partial charge in [0.1, 0.15) is 0 Å². The summed E-state index contributed by atoms with van der Waals surface area (Å²) in [7, 11) is 0. The van der Waals surface area contributed by atoms with Crippen LogP contribution in [0.3, 0.4) is 0 Å². The van der Waals surface area contributed by atoms with E-state index in [1.165, 1.54) is 27.1 Å². The summed E-state index contributed by atoms with van der Waals surface area (Å²) in [5.74, 6) is 0. The van der Waals surface area contributed by atoms with Gasteiger partial charge in [-0.05, 0) is 11.5 Å². The first-order chi connectivity index (χ1) is 10.4. The normalized spacial score (nSPS) is 10.3. The average molecular weight is 563 g/mol. The van der Waals surface area contributed by atoms with E-state index in [1.807, 2.05) is 12.4 Å². The van der Waals surface area contributed by atoms with E-state index in [4.69, 9.17) is 0 Å². The SMILES string of the molecule is [CH3-].[Ir].[Y].[c-]1cc2ccccc2c2c1c1nccn1c1ccccc21. The Bertz CT molecular complexity index is 1150. The minimum absolute atomic E-state index is 0. The number of benzene rings is 3. The van der Waals surface area contributed by atoms with Crippen LogP contribution in [-0.4, -0.2) is 9.38 Å². The zero-order valence-electron chi connectivity index (χ0n) is 13.2. The number of nitrogens with zero attached hydrogens (tertiary/aromatic N) is 2. The molecule has 0 bridgehead atoms. The van der Waals surface area contributed by atoms with Crippen LogP contribution >= 0.6 is 0 Å². The molecule has 5 aromatic rings. The average Bonchev–Trinajstić information content (AvgIpc) is 3.04. The fraction of sp³-hybridized carbons (Fsp3) is 0.